The Bertz CT molecular complexity index is 222. The van der Waals surface area contributed by atoms with E-state index in [0.717, 1.165) is 25.1 Å². The molecule has 0 heterocycles. The first-order valence-electron chi connectivity index (χ1n) is 5.47. The summed E-state index contributed by atoms with van der Waals surface area (Å²) in [6.07, 6.45) is 2.68. The lowest BCUT2D eigenvalue weighted by Crippen LogP contribution is -2.23. The minimum atomic E-state index is -0.213. The number of rotatable bonds is 6. The highest BCUT2D eigenvalue weighted by Gasteiger charge is 2.07. The predicted octanol–water partition coefficient (Wildman–Crippen LogP) is 2.08. The first-order valence-corrected chi connectivity index (χ1v) is 5.47. The summed E-state index contributed by atoms with van der Waals surface area (Å²) in [6, 6.07) is 0. The molecular formula is C12H23NO2. The summed E-state index contributed by atoms with van der Waals surface area (Å²) >= 11 is 0. The number of methoxy groups -OCH3 is 1. The third-order valence-electron chi connectivity index (χ3n) is 2.15. The van der Waals surface area contributed by atoms with Gasteiger partial charge in [-0.25, -0.2) is 4.79 Å². The molecule has 0 bridgehead atoms. The van der Waals surface area contributed by atoms with Crippen molar-refractivity contribution in [3.8, 4) is 0 Å². The molecule has 0 rings (SSSR count). The van der Waals surface area contributed by atoms with Crippen LogP contribution in [0.2, 0.25) is 0 Å². The van der Waals surface area contributed by atoms with E-state index >= 15 is 0 Å². The van der Waals surface area contributed by atoms with Crippen molar-refractivity contribution in [2.45, 2.75) is 27.2 Å². The Labute approximate surface area is 93.1 Å². The van der Waals surface area contributed by atoms with Crippen LogP contribution < -0.4 is 0 Å². The van der Waals surface area contributed by atoms with Gasteiger partial charge in [0.2, 0.25) is 0 Å². The first-order chi connectivity index (χ1) is 7.01. The summed E-state index contributed by atoms with van der Waals surface area (Å²) in [5, 5.41) is 0. The molecule has 88 valence electrons. The van der Waals surface area contributed by atoms with Gasteiger partial charge in [0.25, 0.3) is 0 Å². The highest BCUT2D eigenvalue weighted by molar-refractivity contribution is 5.88. The van der Waals surface area contributed by atoms with Gasteiger partial charge in [0.1, 0.15) is 0 Å². The predicted molar refractivity (Wildman–Crippen MR) is 62.7 cm³/mol. The molecule has 0 spiro atoms. The van der Waals surface area contributed by atoms with Crippen molar-refractivity contribution in [2.75, 3.05) is 27.2 Å². The lowest BCUT2D eigenvalue weighted by Gasteiger charge is -2.17. The minimum Gasteiger partial charge on any atom is -0.466 e. The van der Waals surface area contributed by atoms with E-state index in [1.807, 2.05) is 13.0 Å². The maximum atomic E-state index is 11.3. The van der Waals surface area contributed by atoms with E-state index in [2.05, 4.69) is 25.8 Å². The van der Waals surface area contributed by atoms with Gasteiger partial charge >= 0.3 is 5.97 Å². The maximum absolute atomic E-state index is 11.3. The van der Waals surface area contributed by atoms with Gasteiger partial charge in [-0.05, 0) is 19.4 Å². The van der Waals surface area contributed by atoms with E-state index in [-0.39, 0.29) is 5.97 Å². The molecule has 0 aliphatic heterocycles. The molecule has 0 fully saturated rings. The van der Waals surface area contributed by atoms with Crippen LogP contribution in [-0.4, -0.2) is 38.1 Å². The first kappa shape index (κ1) is 14.2. The normalized spacial score (nSPS) is 12.3. The molecular weight excluding hydrogens is 190 g/mol. The van der Waals surface area contributed by atoms with Gasteiger partial charge in [-0.3, -0.25) is 0 Å². The maximum Gasteiger partial charge on any atom is 0.333 e. The zero-order valence-electron chi connectivity index (χ0n) is 10.5. The Kier molecular flexibility index (Phi) is 7.05. The van der Waals surface area contributed by atoms with Gasteiger partial charge in [-0.15, -0.1) is 0 Å². The van der Waals surface area contributed by atoms with Crippen LogP contribution in [0.1, 0.15) is 27.2 Å². The smallest absolute Gasteiger partial charge is 0.333 e. The van der Waals surface area contributed by atoms with Gasteiger partial charge in [-0.1, -0.05) is 26.8 Å². The minimum absolute atomic E-state index is 0.213. The molecule has 3 heteroatoms. The van der Waals surface area contributed by atoms with E-state index in [0.29, 0.717) is 5.92 Å². The molecule has 15 heavy (non-hydrogen) atoms. The Morgan fingerprint density at radius 1 is 1.47 bits per heavy atom. The Balaban J connectivity index is 4.16. The third-order valence-corrected chi connectivity index (χ3v) is 2.15. The number of esters is 1. The van der Waals surface area contributed by atoms with Crippen LogP contribution in [0.3, 0.4) is 0 Å². The molecule has 0 saturated heterocycles. The summed E-state index contributed by atoms with van der Waals surface area (Å²) in [5.74, 6) is 0.432. The Hall–Kier alpha value is -0.830. The summed E-state index contributed by atoms with van der Waals surface area (Å²) in [5.41, 5.74) is 0.758. The summed E-state index contributed by atoms with van der Waals surface area (Å²) in [7, 11) is 3.48. The van der Waals surface area contributed by atoms with Crippen molar-refractivity contribution < 1.29 is 9.53 Å². The van der Waals surface area contributed by atoms with Crippen LogP contribution in [-0.2, 0) is 9.53 Å². The zero-order valence-corrected chi connectivity index (χ0v) is 10.5. The fourth-order valence-electron chi connectivity index (χ4n) is 1.47. The molecule has 3 nitrogen and oxygen atoms in total. The standard InChI is InChI=1S/C12H23NO2/c1-6-11(12(14)15-5)7-8-13(4)9-10(2)3/h7,10H,6,8-9H2,1-5H3. The Morgan fingerprint density at radius 3 is 2.47 bits per heavy atom. The second-order valence-corrected chi connectivity index (χ2v) is 4.19. The zero-order chi connectivity index (χ0) is 11.8. The van der Waals surface area contributed by atoms with Crippen molar-refractivity contribution in [2.24, 2.45) is 5.92 Å². The van der Waals surface area contributed by atoms with Crippen LogP contribution in [0.15, 0.2) is 11.6 Å². The highest BCUT2D eigenvalue weighted by atomic mass is 16.5. The fourth-order valence-corrected chi connectivity index (χ4v) is 1.47. The van der Waals surface area contributed by atoms with Crippen LogP contribution in [0.4, 0.5) is 0 Å². The SMILES string of the molecule is CCC(=CCN(C)CC(C)C)C(=O)OC. The van der Waals surface area contributed by atoms with Gasteiger partial charge in [0, 0.05) is 18.7 Å². The molecule has 0 aliphatic rings. The lowest BCUT2D eigenvalue weighted by atomic mass is 10.2. The molecule has 0 radical (unpaired) electrons. The monoisotopic (exact) mass is 213 g/mol. The molecule has 0 atom stereocenters. The van der Waals surface area contributed by atoms with Crippen LogP contribution >= 0.6 is 0 Å². The third kappa shape index (κ3) is 6.28. The van der Waals surface area contributed by atoms with Gasteiger partial charge < -0.3 is 9.64 Å². The quantitative estimate of drug-likeness (QED) is 0.500. The molecule has 0 aromatic carbocycles. The summed E-state index contributed by atoms with van der Waals surface area (Å²) < 4.78 is 4.69. The second-order valence-electron chi connectivity index (χ2n) is 4.19. The topological polar surface area (TPSA) is 29.5 Å². The van der Waals surface area contributed by atoms with Crippen molar-refractivity contribution in [3.05, 3.63) is 11.6 Å². The average Bonchev–Trinajstić information content (AvgIpc) is 2.17. The number of nitrogens with zero attached hydrogens (tertiary/aromatic N) is 1. The summed E-state index contributed by atoms with van der Waals surface area (Å²) in [4.78, 5) is 13.5. The second kappa shape index (κ2) is 7.46. The number of likely N-dealkylation sites (N-methyl/N-ethyl adjacent to an activating group) is 1. The van der Waals surface area contributed by atoms with Gasteiger partial charge in [0.15, 0.2) is 0 Å². The Morgan fingerprint density at radius 2 is 2.07 bits per heavy atom. The van der Waals surface area contributed by atoms with E-state index in [1.165, 1.54) is 7.11 Å². The van der Waals surface area contributed by atoms with Crippen molar-refractivity contribution in [3.63, 3.8) is 0 Å². The van der Waals surface area contributed by atoms with E-state index in [1.54, 1.807) is 0 Å². The number of carbonyl (C=O) groups is 1. The molecule has 0 unspecified atom stereocenters. The van der Waals surface area contributed by atoms with Crippen molar-refractivity contribution in [1.82, 2.24) is 4.90 Å². The van der Waals surface area contributed by atoms with Gasteiger partial charge in [-0.2, -0.15) is 0 Å². The number of hydrogen-bond acceptors (Lipinski definition) is 3. The highest BCUT2D eigenvalue weighted by Crippen LogP contribution is 2.04. The number of ether oxygens (including phenoxy) is 1. The average molecular weight is 213 g/mol. The van der Waals surface area contributed by atoms with Crippen molar-refractivity contribution >= 4 is 5.97 Å². The largest absolute Gasteiger partial charge is 0.466 e. The summed E-state index contributed by atoms with van der Waals surface area (Å²) in [6.45, 7) is 8.17. The van der Waals surface area contributed by atoms with E-state index < -0.39 is 0 Å². The van der Waals surface area contributed by atoms with Gasteiger partial charge in [0.05, 0.1) is 7.11 Å². The molecule has 0 aromatic heterocycles. The van der Waals surface area contributed by atoms with Crippen LogP contribution in [0.25, 0.3) is 0 Å². The van der Waals surface area contributed by atoms with Crippen molar-refractivity contribution in [1.29, 1.82) is 0 Å². The van der Waals surface area contributed by atoms with Crippen LogP contribution in [0, 0.1) is 5.92 Å². The molecule has 0 aliphatic carbocycles. The molecule has 0 N–H and O–H groups in total. The molecule has 0 aromatic rings. The van der Waals surface area contributed by atoms with E-state index in [9.17, 15) is 4.79 Å². The number of hydrogen-bond donors (Lipinski definition) is 0. The molecule has 0 saturated carbocycles. The fraction of sp³-hybridized carbons (Fsp3) is 0.750. The molecule has 0 amide bonds. The van der Waals surface area contributed by atoms with E-state index in [4.69, 9.17) is 4.74 Å². The number of carbonyl (C=O) groups excluding carboxylic acids is 1. The van der Waals surface area contributed by atoms with Crippen LogP contribution in [0.5, 0.6) is 0 Å². The lowest BCUT2D eigenvalue weighted by molar-refractivity contribution is -0.136.